The number of aryl methyl sites for hydroxylation is 1. The summed E-state index contributed by atoms with van der Waals surface area (Å²) >= 11 is 11.9. The van der Waals surface area contributed by atoms with Gasteiger partial charge in [-0.05, 0) is 48.8 Å². The van der Waals surface area contributed by atoms with Gasteiger partial charge in [0.1, 0.15) is 6.10 Å². The fraction of sp³-hybridized carbons (Fsp3) is 0.391. The number of aliphatic hydroxyl groups is 2. The van der Waals surface area contributed by atoms with E-state index in [1.54, 1.807) is 11.9 Å². The number of aliphatic hydroxyl groups excluding tert-OH is 2. The van der Waals surface area contributed by atoms with Crippen LogP contribution in [0.4, 0.5) is 5.69 Å². The summed E-state index contributed by atoms with van der Waals surface area (Å²) in [6, 6.07) is 14.4. The molecule has 0 unspecified atom stereocenters. The van der Waals surface area contributed by atoms with E-state index in [0.29, 0.717) is 16.7 Å². The molecule has 31 heavy (non-hydrogen) atoms. The Labute approximate surface area is 192 Å². The average Bonchev–Trinajstić information content (AvgIpc) is 3.10. The SMILES string of the molecule is Cc1ccc(N2C(=S)N[C@H]3[C@@H](O)[C@H](O)C[C@@H](C(=O)N(C)Cc4ccccc4)[C@H]32)cc1Cl. The van der Waals surface area contributed by atoms with Crippen LogP contribution in [-0.4, -0.2) is 57.5 Å². The molecule has 0 bridgehead atoms. The highest BCUT2D eigenvalue weighted by molar-refractivity contribution is 7.80. The van der Waals surface area contributed by atoms with Gasteiger partial charge in [0.05, 0.1) is 24.1 Å². The first-order chi connectivity index (χ1) is 14.8. The van der Waals surface area contributed by atoms with Gasteiger partial charge >= 0.3 is 0 Å². The van der Waals surface area contributed by atoms with E-state index in [0.717, 1.165) is 16.8 Å². The molecule has 0 aromatic heterocycles. The largest absolute Gasteiger partial charge is 0.390 e. The summed E-state index contributed by atoms with van der Waals surface area (Å²) in [6.45, 7) is 2.38. The summed E-state index contributed by atoms with van der Waals surface area (Å²) in [7, 11) is 1.76. The normalized spacial score (nSPS) is 27.6. The molecule has 2 aromatic rings. The van der Waals surface area contributed by atoms with Crippen LogP contribution in [0.1, 0.15) is 17.5 Å². The van der Waals surface area contributed by atoms with Gasteiger partial charge in [-0.15, -0.1) is 0 Å². The molecule has 3 N–H and O–H groups in total. The van der Waals surface area contributed by atoms with Crippen LogP contribution in [0.2, 0.25) is 5.02 Å². The smallest absolute Gasteiger partial charge is 0.228 e. The number of hydrogen-bond acceptors (Lipinski definition) is 4. The number of halogens is 1. The van der Waals surface area contributed by atoms with Gasteiger partial charge in [0.15, 0.2) is 5.11 Å². The third-order valence-corrected chi connectivity index (χ3v) is 6.96. The lowest BCUT2D eigenvalue weighted by atomic mass is 9.77. The molecule has 1 saturated heterocycles. The number of nitrogens with zero attached hydrogens (tertiary/aromatic N) is 2. The number of carbonyl (C=O) groups excluding carboxylic acids is 1. The molecular weight excluding hydrogens is 434 g/mol. The van der Waals surface area contributed by atoms with Gasteiger partial charge in [0.25, 0.3) is 0 Å². The van der Waals surface area contributed by atoms with E-state index in [1.807, 2.05) is 60.4 Å². The molecule has 8 heteroatoms. The quantitative estimate of drug-likeness (QED) is 0.610. The van der Waals surface area contributed by atoms with Crippen molar-refractivity contribution in [1.82, 2.24) is 10.2 Å². The summed E-state index contributed by atoms with van der Waals surface area (Å²) in [6.07, 6.45) is -1.89. The zero-order chi connectivity index (χ0) is 22.3. The summed E-state index contributed by atoms with van der Waals surface area (Å²) in [5, 5.41) is 25.3. The van der Waals surface area contributed by atoms with Crippen LogP contribution in [-0.2, 0) is 11.3 Å². The van der Waals surface area contributed by atoms with Crippen LogP contribution in [0, 0.1) is 12.8 Å². The van der Waals surface area contributed by atoms with Gasteiger partial charge in [-0.1, -0.05) is 48.0 Å². The fourth-order valence-corrected chi connectivity index (χ4v) is 5.11. The highest BCUT2D eigenvalue weighted by atomic mass is 35.5. The molecular formula is C23H26ClN3O3S. The van der Waals surface area contributed by atoms with E-state index in [9.17, 15) is 15.0 Å². The topological polar surface area (TPSA) is 76.0 Å². The first-order valence-corrected chi connectivity index (χ1v) is 11.1. The molecule has 0 radical (unpaired) electrons. The number of nitrogens with one attached hydrogen (secondary N) is 1. The molecule has 2 aliphatic rings. The molecule has 1 amide bonds. The summed E-state index contributed by atoms with van der Waals surface area (Å²) < 4.78 is 0. The van der Waals surface area contributed by atoms with Gasteiger partial charge in [-0.2, -0.15) is 0 Å². The second-order valence-corrected chi connectivity index (χ2v) is 9.14. The minimum atomic E-state index is -1.03. The fourth-order valence-electron chi connectivity index (χ4n) is 4.58. The van der Waals surface area contributed by atoms with Crippen molar-refractivity contribution in [2.45, 2.75) is 44.2 Å². The van der Waals surface area contributed by atoms with E-state index in [1.165, 1.54) is 0 Å². The van der Waals surface area contributed by atoms with Gasteiger partial charge in [0, 0.05) is 24.3 Å². The number of thiocarbonyl (C=S) groups is 1. The van der Waals surface area contributed by atoms with Crippen LogP contribution in [0.5, 0.6) is 0 Å². The lowest BCUT2D eigenvalue weighted by Gasteiger charge is -2.42. The maximum atomic E-state index is 13.5. The standard InChI is InChI=1S/C23H26ClN3O3S/c1-13-8-9-15(10-17(13)24)27-20-16(11-18(28)21(29)19(20)25-23(27)31)22(30)26(2)12-14-6-4-3-5-7-14/h3-10,16,18-21,28-29H,11-12H2,1-2H3,(H,25,31)/t16-,18-,19-,20-,21+/m1/s1. The molecule has 0 spiro atoms. The van der Waals surface area contributed by atoms with Crippen LogP contribution in [0.15, 0.2) is 48.5 Å². The van der Waals surface area contributed by atoms with Crippen molar-refractivity contribution in [1.29, 1.82) is 0 Å². The molecule has 2 aromatic carbocycles. The van der Waals surface area contributed by atoms with Crippen molar-refractivity contribution in [3.8, 4) is 0 Å². The van der Waals surface area contributed by atoms with Gasteiger partial charge < -0.3 is 25.3 Å². The predicted molar refractivity (Wildman–Crippen MR) is 125 cm³/mol. The van der Waals surface area contributed by atoms with Crippen molar-refractivity contribution < 1.29 is 15.0 Å². The third kappa shape index (κ3) is 4.15. The summed E-state index contributed by atoms with van der Waals surface area (Å²) in [4.78, 5) is 17.0. The Balaban J connectivity index is 1.66. The minimum Gasteiger partial charge on any atom is -0.390 e. The van der Waals surface area contributed by atoms with Crippen molar-refractivity contribution in [3.05, 3.63) is 64.7 Å². The van der Waals surface area contributed by atoms with Crippen LogP contribution in [0.25, 0.3) is 0 Å². The van der Waals surface area contributed by atoms with Crippen molar-refractivity contribution >= 4 is 40.5 Å². The molecule has 1 heterocycles. The van der Waals surface area contributed by atoms with E-state index >= 15 is 0 Å². The molecule has 4 rings (SSSR count). The maximum Gasteiger partial charge on any atom is 0.228 e. The van der Waals surface area contributed by atoms with E-state index in [4.69, 9.17) is 23.8 Å². The molecule has 1 aliphatic heterocycles. The zero-order valence-corrected chi connectivity index (χ0v) is 19.0. The lowest BCUT2D eigenvalue weighted by Crippen LogP contribution is -2.61. The van der Waals surface area contributed by atoms with E-state index in [2.05, 4.69) is 5.32 Å². The maximum absolute atomic E-state index is 13.5. The van der Waals surface area contributed by atoms with Crippen LogP contribution >= 0.6 is 23.8 Å². The van der Waals surface area contributed by atoms with Crippen molar-refractivity contribution in [2.75, 3.05) is 11.9 Å². The van der Waals surface area contributed by atoms with Crippen LogP contribution < -0.4 is 10.2 Å². The number of fused-ring (bicyclic) bond motifs is 1. The molecule has 1 saturated carbocycles. The van der Waals surface area contributed by atoms with E-state index in [-0.39, 0.29) is 12.3 Å². The Morgan fingerprint density at radius 1 is 1.26 bits per heavy atom. The highest BCUT2D eigenvalue weighted by Gasteiger charge is 2.54. The van der Waals surface area contributed by atoms with E-state index < -0.39 is 30.2 Å². The molecule has 5 atom stereocenters. The van der Waals surface area contributed by atoms with Crippen molar-refractivity contribution in [2.24, 2.45) is 5.92 Å². The first-order valence-electron chi connectivity index (χ1n) is 10.3. The number of benzene rings is 2. The zero-order valence-electron chi connectivity index (χ0n) is 17.4. The Morgan fingerprint density at radius 2 is 1.97 bits per heavy atom. The number of anilines is 1. The third-order valence-electron chi connectivity index (χ3n) is 6.23. The second kappa shape index (κ2) is 8.74. The molecule has 2 fully saturated rings. The predicted octanol–water partition coefficient (Wildman–Crippen LogP) is 2.48. The summed E-state index contributed by atoms with van der Waals surface area (Å²) in [5.41, 5.74) is 2.72. The molecule has 164 valence electrons. The number of hydrogen-bond donors (Lipinski definition) is 3. The molecule has 1 aliphatic carbocycles. The monoisotopic (exact) mass is 459 g/mol. The lowest BCUT2D eigenvalue weighted by molar-refractivity contribution is -0.141. The Bertz CT molecular complexity index is 989. The first kappa shape index (κ1) is 22.0. The number of rotatable bonds is 4. The van der Waals surface area contributed by atoms with Gasteiger partial charge in [-0.25, -0.2) is 0 Å². The minimum absolute atomic E-state index is 0.0977. The Morgan fingerprint density at radius 3 is 2.65 bits per heavy atom. The van der Waals surface area contributed by atoms with Crippen LogP contribution in [0.3, 0.4) is 0 Å². The molecule has 6 nitrogen and oxygen atoms in total. The summed E-state index contributed by atoms with van der Waals surface area (Å²) in [5.74, 6) is -0.648. The van der Waals surface area contributed by atoms with Crippen molar-refractivity contribution in [3.63, 3.8) is 0 Å². The Hall–Kier alpha value is -2.19. The Kier molecular flexibility index (Phi) is 6.21. The van der Waals surface area contributed by atoms with Gasteiger partial charge in [-0.3, -0.25) is 4.79 Å². The number of carbonyl (C=O) groups is 1. The highest BCUT2D eigenvalue weighted by Crippen LogP contribution is 2.38. The van der Waals surface area contributed by atoms with Gasteiger partial charge in [0.2, 0.25) is 5.91 Å². The number of amides is 1. The second-order valence-electron chi connectivity index (χ2n) is 8.35. The average molecular weight is 460 g/mol.